The van der Waals surface area contributed by atoms with Gasteiger partial charge in [-0.2, -0.15) is 0 Å². The molecule has 1 aliphatic heterocycles. The molecule has 1 aliphatic rings. The van der Waals surface area contributed by atoms with Gasteiger partial charge in [0.15, 0.2) is 0 Å². The zero-order valence-corrected chi connectivity index (χ0v) is 11.3. The van der Waals surface area contributed by atoms with Crippen LogP contribution in [0.2, 0.25) is 0 Å². The summed E-state index contributed by atoms with van der Waals surface area (Å²) < 4.78 is 10.5. The second kappa shape index (κ2) is 6.54. The van der Waals surface area contributed by atoms with Gasteiger partial charge in [0.05, 0.1) is 26.2 Å². The van der Waals surface area contributed by atoms with Gasteiger partial charge in [-0.05, 0) is 24.7 Å². The number of hydrogen-bond acceptors (Lipinski definition) is 4. The molecule has 1 aromatic carbocycles. The quantitative estimate of drug-likeness (QED) is 0.815. The molecule has 0 bridgehead atoms. The molecule has 1 aromatic rings. The number of likely N-dealkylation sites (N-methyl/N-ethyl adjacent to an activating group) is 1. The van der Waals surface area contributed by atoms with Crippen molar-refractivity contribution in [3.8, 4) is 5.75 Å². The van der Waals surface area contributed by atoms with Crippen LogP contribution in [0.3, 0.4) is 0 Å². The van der Waals surface area contributed by atoms with Crippen molar-refractivity contribution in [1.82, 2.24) is 10.6 Å². The van der Waals surface area contributed by atoms with Gasteiger partial charge < -0.3 is 20.1 Å². The molecule has 1 saturated heterocycles. The van der Waals surface area contributed by atoms with E-state index in [-0.39, 0.29) is 17.9 Å². The van der Waals surface area contributed by atoms with Crippen LogP contribution < -0.4 is 15.4 Å². The third kappa shape index (κ3) is 3.45. The second-order valence-electron chi connectivity index (χ2n) is 4.61. The molecule has 5 nitrogen and oxygen atoms in total. The Morgan fingerprint density at radius 2 is 2.32 bits per heavy atom. The summed E-state index contributed by atoms with van der Waals surface area (Å²) in [5.74, 6) is 0.708. The minimum absolute atomic E-state index is 0.0275. The highest BCUT2D eigenvalue weighted by Gasteiger charge is 2.32. The first kappa shape index (κ1) is 13.8. The van der Waals surface area contributed by atoms with Gasteiger partial charge in [-0.25, -0.2) is 0 Å². The van der Waals surface area contributed by atoms with Crippen molar-refractivity contribution in [1.29, 1.82) is 0 Å². The fourth-order valence-electron chi connectivity index (χ4n) is 2.20. The fourth-order valence-corrected chi connectivity index (χ4v) is 2.20. The van der Waals surface area contributed by atoms with E-state index >= 15 is 0 Å². The second-order valence-corrected chi connectivity index (χ2v) is 4.61. The third-order valence-electron chi connectivity index (χ3n) is 3.39. The molecule has 0 aromatic heterocycles. The number of carbonyl (C=O) groups is 1. The standard InChI is InChI=1S/C14H20N2O3/c1-15-13-9-19-8-12(13)14(17)16-7-10-4-3-5-11(6-10)18-2/h3-6,12-13,15H,7-9H2,1-2H3,(H,16,17). The van der Waals surface area contributed by atoms with Gasteiger partial charge in [-0.1, -0.05) is 12.1 Å². The van der Waals surface area contributed by atoms with E-state index < -0.39 is 0 Å². The van der Waals surface area contributed by atoms with Crippen LogP contribution in [0, 0.1) is 5.92 Å². The third-order valence-corrected chi connectivity index (χ3v) is 3.39. The maximum Gasteiger partial charge on any atom is 0.227 e. The maximum absolute atomic E-state index is 12.1. The Kier molecular flexibility index (Phi) is 4.76. The molecule has 2 rings (SSSR count). The molecule has 1 fully saturated rings. The molecule has 1 heterocycles. The predicted molar refractivity (Wildman–Crippen MR) is 72.0 cm³/mol. The fraction of sp³-hybridized carbons (Fsp3) is 0.500. The smallest absolute Gasteiger partial charge is 0.227 e. The van der Waals surface area contributed by atoms with Crippen LogP contribution in [0.5, 0.6) is 5.75 Å². The topological polar surface area (TPSA) is 59.6 Å². The summed E-state index contributed by atoms with van der Waals surface area (Å²) in [6.45, 7) is 1.58. The highest BCUT2D eigenvalue weighted by Crippen LogP contribution is 2.15. The first-order chi connectivity index (χ1) is 9.24. The molecule has 2 atom stereocenters. The van der Waals surface area contributed by atoms with Crippen molar-refractivity contribution in [3.63, 3.8) is 0 Å². The van der Waals surface area contributed by atoms with E-state index in [2.05, 4.69) is 10.6 Å². The molecule has 0 aliphatic carbocycles. The predicted octanol–water partition coefficient (Wildman–Crippen LogP) is 0.546. The van der Waals surface area contributed by atoms with Crippen molar-refractivity contribution in [2.24, 2.45) is 5.92 Å². The van der Waals surface area contributed by atoms with E-state index in [4.69, 9.17) is 9.47 Å². The van der Waals surface area contributed by atoms with Gasteiger partial charge in [0.25, 0.3) is 0 Å². The van der Waals surface area contributed by atoms with Gasteiger partial charge >= 0.3 is 0 Å². The Balaban J connectivity index is 1.89. The Morgan fingerprint density at radius 3 is 3.05 bits per heavy atom. The molecular formula is C14H20N2O3. The molecule has 5 heteroatoms. The van der Waals surface area contributed by atoms with Crippen molar-refractivity contribution in [3.05, 3.63) is 29.8 Å². The lowest BCUT2D eigenvalue weighted by Gasteiger charge is -2.16. The summed E-state index contributed by atoms with van der Waals surface area (Å²) in [4.78, 5) is 12.1. The molecule has 0 saturated carbocycles. The summed E-state index contributed by atoms with van der Waals surface area (Å²) in [5.41, 5.74) is 1.02. The highest BCUT2D eigenvalue weighted by atomic mass is 16.5. The van der Waals surface area contributed by atoms with Crippen LogP contribution in [0.4, 0.5) is 0 Å². The summed E-state index contributed by atoms with van der Waals surface area (Å²) >= 11 is 0. The number of amides is 1. The van der Waals surface area contributed by atoms with Crippen molar-refractivity contribution >= 4 is 5.91 Å². The van der Waals surface area contributed by atoms with Crippen LogP contribution in [-0.4, -0.2) is 39.3 Å². The number of hydrogen-bond donors (Lipinski definition) is 2. The van der Waals surface area contributed by atoms with E-state index in [0.29, 0.717) is 19.8 Å². The highest BCUT2D eigenvalue weighted by molar-refractivity contribution is 5.79. The lowest BCUT2D eigenvalue weighted by molar-refractivity contribution is -0.125. The van der Waals surface area contributed by atoms with Gasteiger partial charge in [-0.3, -0.25) is 4.79 Å². The van der Waals surface area contributed by atoms with Gasteiger partial charge in [0, 0.05) is 12.6 Å². The minimum Gasteiger partial charge on any atom is -0.497 e. The lowest BCUT2D eigenvalue weighted by atomic mass is 10.0. The zero-order valence-electron chi connectivity index (χ0n) is 11.3. The van der Waals surface area contributed by atoms with Gasteiger partial charge in [0.2, 0.25) is 5.91 Å². The molecule has 2 N–H and O–H groups in total. The summed E-state index contributed by atoms with van der Waals surface area (Å²) in [7, 11) is 3.48. The van der Waals surface area contributed by atoms with Crippen LogP contribution >= 0.6 is 0 Å². The SMILES string of the molecule is CNC1COCC1C(=O)NCc1cccc(OC)c1. The first-order valence-corrected chi connectivity index (χ1v) is 6.40. The van der Waals surface area contributed by atoms with Gasteiger partial charge in [-0.15, -0.1) is 0 Å². The average molecular weight is 264 g/mol. The zero-order chi connectivity index (χ0) is 13.7. The number of carbonyl (C=O) groups excluding carboxylic acids is 1. The van der Waals surface area contributed by atoms with Crippen molar-refractivity contribution in [2.75, 3.05) is 27.4 Å². The average Bonchev–Trinajstić information content (AvgIpc) is 2.93. The number of methoxy groups -OCH3 is 1. The number of ether oxygens (including phenoxy) is 2. The van der Waals surface area contributed by atoms with Crippen LogP contribution in [-0.2, 0) is 16.1 Å². The first-order valence-electron chi connectivity index (χ1n) is 6.40. The normalized spacial score (nSPS) is 22.2. The van der Waals surface area contributed by atoms with E-state index in [1.807, 2.05) is 31.3 Å². The Bertz CT molecular complexity index is 436. The molecule has 1 amide bonds. The Labute approximate surface area is 113 Å². The maximum atomic E-state index is 12.1. The van der Waals surface area contributed by atoms with E-state index in [1.165, 1.54) is 0 Å². The minimum atomic E-state index is -0.115. The summed E-state index contributed by atoms with van der Waals surface area (Å²) in [6.07, 6.45) is 0. The van der Waals surface area contributed by atoms with E-state index in [0.717, 1.165) is 11.3 Å². The van der Waals surface area contributed by atoms with E-state index in [9.17, 15) is 4.79 Å². The number of rotatable bonds is 5. The monoisotopic (exact) mass is 264 g/mol. The molecule has 19 heavy (non-hydrogen) atoms. The van der Waals surface area contributed by atoms with Crippen molar-refractivity contribution in [2.45, 2.75) is 12.6 Å². The van der Waals surface area contributed by atoms with E-state index in [1.54, 1.807) is 7.11 Å². The molecular weight excluding hydrogens is 244 g/mol. The van der Waals surface area contributed by atoms with Crippen LogP contribution in [0.25, 0.3) is 0 Å². The Morgan fingerprint density at radius 1 is 1.47 bits per heavy atom. The molecule has 2 unspecified atom stereocenters. The number of nitrogens with one attached hydrogen (secondary N) is 2. The number of benzene rings is 1. The largest absolute Gasteiger partial charge is 0.497 e. The van der Waals surface area contributed by atoms with Gasteiger partial charge in [0.1, 0.15) is 5.75 Å². The Hall–Kier alpha value is -1.59. The lowest BCUT2D eigenvalue weighted by Crippen LogP contribution is -2.42. The molecule has 0 spiro atoms. The summed E-state index contributed by atoms with van der Waals surface area (Å²) in [6, 6.07) is 7.78. The van der Waals surface area contributed by atoms with Crippen LogP contribution in [0.15, 0.2) is 24.3 Å². The molecule has 104 valence electrons. The van der Waals surface area contributed by atoms with Crippen molar-refractivity contribution < 1.29 is 14.3 Å². The summed E-state index contributed by atoms with van der Waals surface area (Å²) in [5, 5.41) is 6.05. The molecule has 0 radical (unpaired) electrons. The van der Waals surface area contributed by atoms with Crippen LogP contribution in [0.1, 0.15) is 5.56 Å².